The predicted octanol–water partition coefficient (Wildman–Crippen LogP) is 3.31. The molecule has 6 nitrogen and oxygen atoms in total. The first-order valence-corrected chi connectivity index (χ1v) is 10.7. The summed E-state index contributed by atoms with van der Waals surface area (Å²) in [5.41, 5.74) is 4.88. The zero-order valence-corrected chi connectivity index (χ0v) is 16.8. The number of aryl methyl sites for hydroxylation is 2. The summed E-state index contributed by atoms with van der Waals surface area (Å²) < 4.78 is 5.71. The van der Waals surface area contributed by atoms with Crippen molar-refractivity contribution >= 4 is 16.9 Å². The number of rotatable bonds is 3. The van der Waals surface area contributed by atoms with E-state index in [0.717, 1.165) is 55.3 Å². The molecule has 0 saturated carbocycles. The van der Waals surface area contributed by atoms with Crippen molar-refractivity contribution in [3.8, 4) is 0 Å². The van der Waals surface area contributed by atoms with Gasteiger partial charge in [0.25, 0.3) is 0 Å². The summed E-state index contributed by atoms with van der Waals surface area (Å²) in [4.78, 5) is 15.1. The van der Waals surface area contributed by atoms with Gasteiger partial charge in [0, 0.05) is 36.7 Å². The number of nitrogens with one attached hydrogen (secondary N) is 2. The van der Waals surface area contributed by atoms with Crippen LogP contribution in [0, 0.1) is 18.8 Å². The smallest absolute Gasteiger partial charge is 0.143 e. The maximum Gasteiger partial charge on any atom is 0.143 e. The summed E-state index contributed by atoms with van der Waals surface area (Å²) in [5.74, 6) is 2.32. The van der Waals surface area contributed by atoms with Crippen LogP contribution in [-0.2, 0) is 11.2 Å². The zero-order chi connectivity index (χ0) is 19.4. The highest BCUT2D eigenvalue weighted by atomic mass is 16.5. The summed E-state index contributed by atoms with van der Waals surface area (Å²) in [6.07, 6.45) is 3.97. The van der Waals surface area contributed by atoms with Crippen LogP contribution in [-0.4, -0.2) is 52.2 Å². The summed E-state index contributed by atoms with van der Waals surface area (Å²) >= 11 is 0. The fourth-order valence-electron chi connectivity index (χ4n) is 5.64. The molecule has 3 aromatic rings. The third-order valence-corrected chi connectivity index (χ3v) is 7.07. The number of aromatic amines is 1. The fraction of sp³-hybridized carbons (Fsp3) is 0.478. The molecule has 2 saturated heterocycles. The van der Waals surface area contributed by atoms with Gasteiger partial charge in [0.15, 0.2) is 0 Å². The molecule has 2 N–H and O–H groups in total. The van der Waals surface area contributed by atoms with Gasteiger partial charge < -0.3 is 15.0 Å². The molecule has 29 heavy (non-hydrogen) atoms. The SMILES string of the molecule is Cc1cc2c(N[C@H]3c4ccccc4CC[C@@H]3N3C[C@H]4COC[C@H]4C3)ncnc2[nH]1. The number of aromatic nitrogens is 3. The lowest BCUT2D eigenvalue weighted by atomic mass is 9.83. The molecule has 0 spiro atoms. The lowest BCUT2D eigenvalue weighted by Crippen LogP contribution is -2.44. The minimum Gasteiger partial charge on any atom is -0.381 e. The summed E-state index contributed by atoms with van der Waals surface area (Å²) in [6.45, 7) is 6.22. The van der Waals surface area contributed by atoms with Crippen molar-refractivity contribution in [1.82, 2.24) is 19.9 Å². The topological polar surface area (TPSA) is 66.1 Å². The van der Waals surface area contributed by atoms with Gasteiger partial charge in [0.05, 0.1) is 24.6 Å². The average molecular weight is 390 g/mol. The molecule has 0 radical (unpaired) electrons. The van der Waals surface area contributed by atoms with Crippen LogP contribution in [0.5, 0.6) is 0 Å². The number of hydrogen-bond donors (Lipinski definition) is 2. The van der Waals surface area contributed by atoms with E-state index in [-0.39, 0.29) is 6.04 Å². The highest BCUT2D eigenvalue weighted by Crippen LogP contribution is 2.40. The van der Waals surface area contributed by atoms with Gasteiger partial charge in [-0.05, 0) is 37.0 Å². The Bertz CT molecular complexity index is 1030. The van der Waals surface area contributed by atoms with Gasteiger partial charge >= 0.3 is 0 Å². The highest BCUT2D eigenvalue weighted by molar-refractivity contribution is 5.87. The molecule has 3 aliphatic rings. The Morgan fingerprint density at radius 2 is 1.97 bits per heavy atom. The van der Waals surface area contributed by atoms with E-state index in [0.29, 0.717) is 17.9 Å². The lowest BCUT2D eigenvalue weighted by Gasteiger charge is -2.40. The van der Waals surface area contributed by atoms with Gasteiger partial charge in [-0.3, -0.25) is 4.90 Å². The number of nitrogens with zero attached hydrogens (tertiary/aromatic N) is 3. The molecule has 0 amide bonds. The van der Waals surface area contributed by atoms with E-state index in [9.17, 15) is 0 Å². The zero-order valence-electron chi connectivity index (χ0n) is 16.8. The van der Waals surface area contributed by atoms with Crippen molar-refractivity contribution in [2.24, 2.45) is 11.8 Å². The molecule has 1 aromatic carbocycles. The van der Waals surface area contributed by atoms with E-state index in [1.807, 2.05) is 0 Å². The van der Waals surface area contributed by atoms with Gasteiger partial charge in [-0.25, -0.2) is 9.97 Å². The second-order valence-electron chi connectivity index (χ2n) is 8.88. The van der Waals surface area contributed by atoms with E-state index in [1.165, 1.54) is 17.5 Å². The minimum atomic E-state index is 0.230. The van der Waals surface area contributed by atoms with Crippen LogP contribution in [0.3, 0.4) is 0 Å². The largest absolute Gasteiger partial charge is 0.381 e. The van der Waals surface area contributed by atoms with E-state index in [1.54, 1.807) is 6.33 Å². The van der Waals surface area contributed by atoms with Gasteiger partial charge in [-0.15, -0.1) is 0 Å². The van der Waals surface area contributed by atoms with Crippen LogP contribution in [0.4, 0.5) is 5.82 Å². The first-order valence-electron chi connectivity index (χ1n) is 10.7. The van der Waals surface area contributed by atoms with Crippen LogP contribution in [0.1, 0.15) is 29.3 Å². The quantitative estimate of drug-likeness (QED) is 0.719. The second kappa shape index (κ2) is 6.82. The number of anilines is 1. The molecule has 150 valence electrons. The molecule has 6 heteroatoms. The second-order valence-corrected chi connectivity index (χ2v) is 8.88. The van der Waals surface area contributed by atoms with Gasteiger partial charge in [-0.1, -0.05) is 24.3 Å². The monoisotopic (exact) mass is 389 g/mol. The number of hydrogen-bond acceptors (Lipinski definition) is 5. The molecule has 4 atom stereocenters. The maximum atomic E-state index is 5.71. The maximum absolute atomic E-state index is 5.71. The van der Waals surface area contributed by atoms with Crippen molar-refractivity contribution in [2.75, 3.05) is 31.6 Å². The third kappa shape index (κ3) is 2.93. The predicted molar refractivity (Wildman–Crippen MR) is 113 cm³/mol. The Morgan fingerprint density at radius 1 is 1.14 bits per heavy atom. The van der Waals surface area contributed by atoms with Crippen molar-refractivity contribution in [3.63, 3.8) is 0 Å². The molecule has 0 unspecified atom stereocenters. The Labute approximate surface area is 170 Å². The summed E-state index contributed by atoms with van der Waals surface area (Å²) in [5, 5.41) is 4.91. The molecular formula is C23H27N5O. The third-order valence-electron chi connectivity index (χ3n) is 7.07. The standard InChI is InChI=1S/C23H27N5O/c1-14-8-19-22(26-14)24-13-25-23(19)27-21-18-5-3-2-4-15(18)6-7-20(21)28-9-16-11-29-12-17(16)10-28/h2-5,8,13,16-17,20-21H,6-7,9-12H2,1H3,(H2,24,25,26,27)/t16-,17+,20-,21-/m0/s1. The first kappa shape index (κ1) is 17.4. The van der Waals surface area contributed by atoms with Crippen molar-refractivity contribution in [1.29, 1.82) is 0 Å². The van der Waals surface area contributed by atoms with Gasteiger partial charge in [0.1, 0.15) is 17.8 Å². The Balaban J connectivity index is 1.37. The molecule has 4 heterocycles. The van der Waals surface area contributed by atoms with E-state index in [2.05, 4.69) is 62.4 Å². The van der Waals surface area contributed by atoms with Crippen LogP contribution >= 0.6 is 0 Å². The first-order chi connectivity index (χ1) is 14.3. The number of likely N-dealkylation sites (tertiary alicyclic amines) is 1. The average Bonchev–Trinajstić information content (AvgIpc) is 3.42. The minimum absolute atomic E-state index is 0.230. The van der Waals surface area contributed by atoms with E-state index < -0.39 is 0 Å². The Hall–Kier alpha value is -2.44. The van der Waals surface area contributed by atoms with E-state index in [4.69, 9.17) is 4.74 Å². The molecule has 6 rings (SSSR count). The Morgan fingerprint density at radius 3 is 2.83 bits per heavy atom. The normalized spacial score (nSPS) is 29.1. The molecule has 2 aliphatic heterocycles. The highest BCUT2D eigenvalue weighted by Gasteiger charge is 2.43. The molecule has 1 aliphatic carbocycles. The summed E-state index contributed by atoms with van der Waals surface area (Å²) in [7, 11) is 0. The van der Waals surface area contributed by atoms with Gasteiger partial charge in [0.2, 0.25) is 0 Å². The van der Waals surface area contributed by atoms with Crippen LogP contribution < -0.4 is 5.32 Å². The molecule has 2 fully saturated rings. The van der Waals surface area contributed by atoms with Crippen LogP contribution in [0.2, 0.25) is 0 Å². The van der Waals surface area contributed by atoms with Crippen LogP contribution in [0.25, 0.3) is 11.0 Å². The number of H-pyrrole nitrogens is 1. The van der Waals surface area contributed by atoms with Crippen molar-refractivity contribution < 1.29 is 4.74 Å². The van der Waals surface area contributed by atoms with Crippen molar-refractivity contribution in [3.05, 3.63) is 53.5 Å². The number of ether oxygens (including phenoxy) is 1. The van der Waals surface area contributed by atoms with Crippen LogP contribution in [0.15, 0.2) is 36.7 Å². The van der Waals surface area contributed by atoms with E-state index >= 15 is 0 Å². The molecule has 2 aromatic heterocycles. The fourth-order valence-corrected chi connectivity index (χ4v) is 5.64. The lowest BCUT2D eigenvalue weighted by molar-refractivity contribution is 0.127. The Kier molecular flexibility index (Phi) is 4.09. The van der Waals surface area contributed by atoms with Crippen molar-refractivity contribution in [2.45, 2.75) is 31.8 Å². The molecular weight excluding hydrogens is 362 g/mol. The molecule has 0 bridgehead atoms. The number of benzene rings is 1. The summed E-state index contributed by atoms with van der Waals surface area (Å²) in [6, 6.07) is 11.7. The van der Waals surface area contributed by atoms with Gasteiger partial charge in [-0.2, -0.15) is 0 Å². The number of fused-ring (bicyclic) bond motifs is 3.